The van der Waals surface area contributed by atoms with Crippen LogP contribution in [0.5, 0.6) is 5.75 Å². The summed E-state index contributed by atoms with van der Waals surface area (Å²) in [5, 5.41) is 8.98. The molecule has 0 saturated carbocycles. The van der Waals surface area contributed by atoms with Crippen molar-refractivity contribution in [2.45, 2.75) is 13.3 Å². The molecule has 0 saturated heterocycles. The fourth-order valence-corrected chi connectivity index (χ4v) is 1.58. The van der Waals surface area contributed by atoms with Crippen molar-refractivity contribution in [3.63, 3.8) is 0 Å². The standard InChI is InChI=1S/C15H15ClN2O/c1-2-11-19-15-9-7-14(8-10-15)18-17-13-5-3-12(16)4-6-13/h3-10H,2,11H2,1H3. The fraction of sp³-hybridized carbons (Fsp3) is 0.200. The summed E-state index contributed by atoms with van der Waals surface area (Å²) in [6.45, 7) is 2.81. The third kappa shape index (κ3) is 4.38. The molecule has 0 radical (unpaired) electrons. The third-order valence-electron chi connectivity index (χ3n) is 2.42. The molecule has 0 aromatic heterocycles. The SMILES string of the molecule is CCCOc1ccc(N=Nc2ccc(Cl)cc2)cc1. The van der Waals surface area contributed by atoms with E-state index in [1.54, 1.807) is 12.1 Å². The second-order valence-electron chi connectivity index (χ2n) is 4.02. The highest BCUT2D eigenvalue weighted by atomic mass is 35.5. The van der Waals surface area contributed by atoms with Gasteiger partial charge in [-0.25, -0.2) is 0 Å². The van der Waals surface area contributed by atoms with Gasteiger partial charge in [-0.3, -0.25) is 0 Å². The van der Waals surface area contributed by atoms with E-state index in [2.05, 4.69) is 17.2 Å². The molecule has 0 atom stereocenters. The van der Waals surface area contributed by atoms with Crippen LogP contribution in [0.25, 0.3) is 0 Å². The molecule has 0 amide bonds. The first kappa shape index (κ1) is 13.6. The summed E-state index contributed by atoms with van der Waals surface area (Å²) in [5.74, 6) is 0.854. The topological polar surface area (TPSA) is 34.0 Å². The van der Waals surface area contributed by atoms with Gasteiger partial charge >= 0.3 is 0 Å². The normalized spacial score (nSPS) is 10.8. The second-order valence-corrected chi connectivity index (χ2v) is 4.46. The van der Waals surface area contributed by atoms with E-state index in [9.17, 15) is 0 Å². The Morgan fingerprint density at radius 2 is 1.42 bits per heavy atom. The molecule has 0 N–H and O–H groups in total. The Kier molecular flexibility index (Phi) is 4.93. The minimum absolute atomic E-state index is 0.691. The molecule has 0 aliphatic carbocycles. The predicted molar refractivity (Wildman–Crippen MR) is 77.9 cm³/mol. The maximum atomic E-state index is 5.80. The van der Waals surface area contributed by atoms with Crippen LogP contribution in [0.2, 0.25) is 5.02 Å². The first-order valence-corrected chi connectivity index (χ1v) is 6.56. The van der Waals surface area contributed by atoms with E-state index in [-0.39, 0.29) is 0 Å². The summed E-state index contributed by atoms with van der Waals surface area (Å²) >= 11 is 5.80. The van der Waals surface area contributed by atoms with Gasteiger partial charge in [-0.15, -0.1) is 0 Å². The molecule has 2 aromatic carbocycles. The lowest BCUT2D eigenvalue weighted by molar-refractivity contribution is 0.317. The van der Waals surface area contributed by atoms with Crippen molar-refractivity contribution in [1.82, 2.24) is 0 Å². The van der Waals surface area contributed by atoms with Crippen molar-refractivity contribution < 1.29 is 4.74 Å². The summed E-state index contributed by atoms with van der Waals surface area (Å²) in [7, 11) is 0. The van der Waals surface area contributed by atoms with E-state index in [0.29, 0.717) is 5.02 Å². The number of halogens is 1. The number of ether oxygens (including phenoxy) is 1. The predicted octanol–water partition coefficient (Wildman–Crippen LogP) is 5.54. The van der Waals surface area contributed by atoms with Crippen molar-refractivity contribution in [3.8, 4) is 5.75 Å². The van der Waals surface area contributed by atoms with Gasteiger partial charge < -0.3 is 4.74 Å². The highest BCUT2D eigenvalue weighted by molar-refractivity contribution is 6.30. The van der Waals surface area contributed by atoms with Gasteiger partial charge in [-0.05, 0) is 55.0 Å². The second kappa shape index (κ2) is 6.90. The number of rotatable bonds is 5. The first-order valence-electron chi connectivity index (χ1n) is 6.18. The summed E-state index contributed by atoms with van der Waals surface area (Å²) in [4.78, 5) is 0. The van der Waals surface area contributed by atoms with Crippen LogP contribution < -0.4 is 4.74 Å². The Labute approximate surface area is 117 Å². The van der Waals surface area contributed by atoms with Crippen LogP contribution in [-0.4, -0.2) is 6.61 Å². The van der Waals surface area contributed by atoms with E-state index < -0.39 is 0 Å². The van der Waals surface area contributed by atoms with Gasteiger partial charge in [0.25, 0.3) is 0 Å². The molecule has 0 bridgehead atoms. The Hall–Kier alpha value is -1.87. The van der Waals surface area contributed by atoms with Gasteiger partial charge in [0, 0.05) is 5.02 Å². The lowest BCUT2D eigenvalue weighted by Crippen LogP contribution is -1.93. The van der Waals surface area contributed by atoms with E-state index in [1.165, 1.54) is 0 Å². The van der Waals surface area contributed by atoms with Gasteiger partial charge in [-0.1, -0.05) is 18.5 Å². The number of nitrogens with zero attached hydrogens (tertiary/aromatic N) is 2. The molecule has 0 spiro atoms. The first-order chi connectivity index (χ1) is 9.28. The Bertz CT molecular complexity index is 535. The van der Waals surface area contributed by atoms with E-state index >= 15 is 0 Å². The molecule has 4 heteroatoms. The highest BCUT2D eigenvalue weighted by Gasteiger charge is 1.94. The lowest BCUT2D eigenvalue weighted by atomic mass is 10.3. The average Bonchev–Trinajstić information content (AvgIpc) is 2.46. The van der Waals surface area contributed by atoms with Crippen molar-refractivity contribution in [2.75, 3.05) is 6.61 Å². The zero-order valence-electron chi connectivity index (χ0n) is 10.7. The van der Waals surface area contributed by atoms with Crippen LogP contribution in [0, 0.1) is 0 Å². The molecular weight excluding hydrogens is 260 g/mol. The number of hydrogen-bond donors (Lipinski definition) is 0. The van der Waals surface area contributed by atoms with Crippen molar-refractivity contribution in [1.29, 1.82) is 0 Å². The zero-order valence-corrected chi connectivity index (χ0v) is 11.5. The van der Waals surface area contributed by atoms with Crippen LogP contribution in [0.1, 0.15) is 13.3 Å². The Morgan fingerprint density at radius 3 is 1.95 bits per heavy atom. The van der Waals surface area contributed by atoms with Crippen LogP contribution >= 0.6 is 11.6 Å². The maximum Gasteiger partial charge on any atom is 0.119 e. The van der Waals surface area contributed by atoms with Gasteiger partial charge in [0.2, 0.25) is 0 Å². The quantitative estimate of drug-likeness (QED) is 0.659. The molecule has 0 unspecified atom stereocenters. The molecule has 3 nitrogen and oxygen atoms in total. The van der Waals surface area contributed by atoms with Crippen molar-refractivity contribution >= 4 is 23.0 Å². The van der Waals surface area contributed by atoms with Gasteiger partial charge in [0.05, 0.1) is 18.0 Å². The smallest absolute Gasteiger partial charge is 0.119 e. The zero-order chi connectivity index (χ0) is 13.5. The summed E-state index contributed by atoms with van der Waals surface area (Å²) in [6.07, 6.45) is 0.998. The van der Waals surface area contributed by atoms with Crippen LogP contribution in [0.15, 0.2) is 58.8 Å². The Balaban J connectivity index is 2.00. The molecule has 0 fully saturated rings. The maximum absolute atomic E-state index is 5.80. The Morgan fingerprint density at radius 1 is 0.895 bits per heavy atom. The minimum Gasteiger partial charge on any atom is -0.494 e. The van der Waals surface area contributed by atoms with Crippen LogP contribution in [0.3, 0.4) is 0 Å². The molecule has 0 heterocycles. The summed E-state index contributed by atoms with van der Waals surface area (Å²) in [6, 6.07) is 14.8. The molecule has 2 rings (SSSR count). The lowest BCUT2D eigenvalue weighted by Gasteiger charge is -2.03. The largest absolute Gasteiger partial charge is 0.494 e. The number of azo groups is 1. The van der Waals surface area contributed by atoms with E-state index in [4.69, 9.17) is 16.3 Å². The molecule has 2 aromatic rings. The van der Waals surface area contributed by atoms with Gasteiger partial charge in [0.1, 0.15) is 5.75 Å². The minimum atomic E-state index is 0.691. The van der Waals surface area contributed by atoms with Crippen LogP contribution in [-0.2, 0) is 0 Å². The average molecular weight is 275 g/mol. The third-order valence-corrected chi connectivity index (χ3v) is 2.67. The molecule has 0 aliphatic rings. The van der Waals surface area contributed by atoms with Crippen molar-refractivity contribution in [3.05, 3.63) is 53.6 Å². The molecule has 0 aliphatic heterocycles. The molecule has 98 valence electrons. The van der Waals surface area contributed by atoms with Gasteiger partial charge in [0.15, 0.2) is 0 Å². The number of benzene rings is 2. The monoisotopic (exact) mass is 274 g/mol. The van der Waals surface area contributed by atoms with E-state index in [1.807, 2.05) is 36.4 Å². The molecule has 19 heavy (non-hydrogen) atoms. The number of hydrogen-bond acceptors (Lipinski definition) is 3. The van der Waals surface area contributed by atoms with Gasteiger partial charge in [-0.2, -0.15) is 10.2 Å². The summed E-state index contributed by atoms with van der Waals surface area (Å²) < 4.78 is 5.50. The summed E-state index contributed by atoms with van der Waals surface area (Å²) in [5.41, 5.74) is 1.56. The van der Waals surface area contributed by atoms with E-state index in [0.717, 1.165) is 30.2 Å². The van der Waals surface area contributed by atoms with Crippen molar-refractivity contribution in [2.24, 2.45) is 10.2 Å². The molecular formula is C15H15ClN2O. The highest BCUT2D eigenvalue weighted by Crippen LogP contribution is 2.22. The fourth-order valence-electron chi connectivity index (χ4n) is 1.45. The van der Waals surface area contributed by atoms with Crippen LogP contribution in [0.4, 0.5) is 11.4 Å².